The van der Waals surface area contributed by atoms with Crippen molar-refractivity contribution in [3.63, 3.8) is 0 Å². The fourth-order valence-corrected chi connectivity index (χ4v) is 6.28. The Morgan fingerprint density at radius 1 is 1.09 bits per heavy atom. The molecule has 0 aliphatic heterocycles. The van der Waals surface area contributed by atoms with Gasteiger partial charge >= 0.3 is 0 Å². The van der Waals surface area contributed by atoms with Crippen molar-refractivity contribution < 1.29 is 10.2 Å². The topological polar surface area (TPSA) is 66.5 Å². The number of aliphatic hydroxyl groups is 2. The van der Waals surface area contributed by atoms with Gasteiger partial charge in [-0.2, -0.15) is 0 Å². The fourth-order valence-electron chi connectivity index (χ4n) is 6.28. The molecule has 0 unspecified atom stereocenters. The molecule has 0 amide bonds. The molecule has 0 aromatic heterocycles. The normalized spacial score (nSPS) is 59.8. The van der Waals surface area contributed by atoms with Gasteiger partial charge in [0.2, 0.25) is 0 Å². The van der Waals surface area contributed by atoms with E-state index in [0.29, 0.717) is 23.7 Å². The lowest BCUT2D eigenvalue weighted by Gasteiger charge is -2.60. The molecule has 122 valence electrons. The number of nitrogens with two attached hydrogens (primary N) is 1. The van der Waals surface area contributed by atoms with Crippen LogP contribution in [0, 0.1) is 34.5 Å². The molecule has 22 heavy (non-hydrogen) atoms. The SMILES string of the molecule is C[C@]12C=C[C@H](O)C[C@H]1C[C@H](N)[C@@H]1[C@@H]2CC[C@]2(C)[C@@H](O)C=C[C@@H]12. The van der Waals surface area contributed by atoms with E-state index in [-0.39, 0.29) is 29.1 Å². The average Bonchev–Trinajstić information content (AvgIpc) is 2.77. The molecule has 0 spiro atoms. The highest BCUT2D eigenvalue weighted by atomic mass is 16.3. The molecule has 2 saturated carbocycles. The first-order valence-corrected chi connectivity index (χ1v) is 8.85. The highest BCUT2D eigenvalue weighted by molar-refractivity contribution is 5.24. The third kappa shape index (κ3) is 1.79. The van der Waals surface area contributed by atoms with E-state index in [9.17, 15) is 10.2 Å². The molecule has 0 heterocycles. The summed E-state index contributed by atoms with van der Waals surface area (Å²) < 4.78 is 0. The quantitative estimate of drug-likeness (QED) is 0.601. The first-order valence-electron chi connectivity index (χ1n) is 8.85. The molecule has 9 atom stereocenters. The lowest BCUT2D eigenvalue weighted by Crippen LogP contribution is -2.60. The third-order valence-electron chi connectivity index (χ3n) is 7.74. The zero-order chi connectivity index (χ0) is 15.7. The van der Waals surface area contributed by atoms with Crippen LogP contribution in [0.15, 0.2) is 24.3 Å². The Hall–Kier alpha value is -0.640. The second-order valence-corrected chi connectivity index (χ2v) is 8.71. The maximum Gasteiger partial charge on any atom is 0.0780 e. The maximum absolute atomic E-state index is 10.4. The van der Waals surface area contributed by atoms with E-state index >= 15 is 0 Å². The molecular weight excluding hydrogens is 274 g/mol. The number of fused-ring (bicyclic) bond motifs is 5. The molecule has 0 bridgehead atoms. The smallest absolute Gasteiger partial charge is 0.0780 e. The molecule has 2 fully saturated rings. The fraction of sp³-hybridized carbons (Fsp3) is 0.789. The Morgan fingerprint density at radius 3 is 2.64 bits per heavy atom. The highest BCUT2D eigenvalue weighted by Gasteiger charge is 2.60. The van der Waals surface area contributed by atoms with Crippen molar-refractivity contribution in [2.75, 3.05) is 0 Å². The van der Waals surface area contributed by atoms with Crippen LogP contribution < -0.4 is 5.73 Å². The van der Waals surface area contributed by atoms with E-state index in [1.165, 1.54) is 0 Å². The summed E-state index contributed by atoms with van der Waals surface area (Å²) in [4.78, 5) is 0. The predicted octanol–water partition coefficient (Wildman–Crippen LogP) is 2.24. The summed E-state index contributed by atoms with van der Waals surface area (Å²) in [7, 11) is 0. The molecule has 4 rings (SSSR count). The minimum absolute atomic E-state index is 0.0279. The maximum atomic E-state index is 10.4. The van der Waals surface area contributed by atoms with Crippen LogP contribution >= 0.6 is 0 Å². The number of rotatable bonds is 0. The molecule has 0 aromatic carbocycles. The van der Waals surface area contributed by atoms with Crippen molar-refractivity contribution in [1.82, 2.24) is 0 Å². The molecule has 4 N–H and O–H groups in total. The Morgan fingerprint density at radius 2 is 1.86 bits per heavy atom. The van der Waals surface area contributed by atoms with Crippen LogP contribution in [0.2, 0.25) is 0 Å². The van der Waals surface area contributed by atoms with Crippen LogP contribution in [0.3, 0.4) is 0 Å². The van der Waals surface area contributed by atoms with E-state index < -0.39 is 0 Å². The van der Waals surface area contributed by atoms with Gasteiger partial charge in [0, 0.05) is 11.5 Å². The Labute approximate surface area is 133 Å². The Kier molecular flexibility index (Phi) is 3.18. The molecule has 4 aliphatic rings. The summed E-state index contributed by atoms with van der Waals surface area (Å²) in [5, 5.41) is 20.4. The molecule has 0 aromatic rings. The number of hydrogen-bond donors (Lipinski definition) is 3. The largest absolute Gasteiger partial charge is 0.389 e. The van der Waals surface area contributed by atoms with Crippen molar-refractivity contribution in [2.24, 2.45) is 40.2 Å². The van der Waals surface area contributed by atoms with Crippen molar-refractivity contribution in [2.45, 2.75) is 57.8 Å². The first-order chi connectivity index (χ1) is 10.4. The van der Waals surface area contributed by atoms with E-state index in [1.807, 2.05) is 12.2 Å². The summed E-state index contributed by atoms with van der Waals surface area (Å²) in [5.41, 5.74) is 6.77. The predicted molar refractivity (Wildman–Crippen MR) is 86.9 cm³/mol. The number of allylic oxidation sites excluding steroid dienone is 2. The van der Waals surface area contributed by atoms with Crippen LogP contribution in [0.4, 0.5) is 0 Å². The lowest BCUT2D eigenvalue weighted by atomic mass is 9.45. The molecular formula is C19H29NO2. The van der Waals surface area contributed by atoms with Crippen LogP contribution in [0.5, 0.6) is 0 Å². The van der Waals surface area contributed by atoms with Crippen molar-refractivity contribution in [1.29, 1.82) is 0 Å². The first kappa shape index (κ1) is 14.9. The van der Waals surface area contributed by atoms with E-state index in [4.69, 9.17) is 5.73 Å². The van der Waals surface area contributed by atoms with Crippen molar-refractivity contribution in [3.05, 3.63) is 24.3 Å². The van der Waals surface area contributed by atoms with Crippen molar-refractivity contribution in [3.8, 4) is 0 Å². The van der Waals surface area contributed by atoms with Crippen LogP contribution in [-0.2, 0) is 0 Å². The minimum atomic E-state index is -0.320. The van der Waals surface area contributed by atoms with Crippen molar-refractivity contribution >= 4 is 0 Å². The summed E-state index contributed by atoms with van der Waals surface area (Å²) in [6.07, 6.45) is 11.9. The van der Waals surface area contributed by atoms with Gasteiger partial charge in [-0.15, -0.1) is 0 Å². The number of hydrogen-bond acceptors (Lipinski definition) is 3. The molecule has 4 aliphatic carbocycles. The third-order valence-corrected chi connectivity index (χ3v) is 7.74. The van der Waals surface area contributed by atoms with Gasteiger partial charge in [0.25, 0.3) is 0 Å². The van der Waals surface area contributed by atoms with Gasteiger partial charge in [-0.05, 0) is 54.8 Å². The molecule has 3 heteroatoms. The minimum Gasteiger partial charge on any atom is -0.389 e. The van der Waals surface area contributed by atoms with Crippen LogP contribution in [-0.4, -0.2) is 28.5 Å². The van der Waals surface area contributed by atoms with Gasteiger partial charge in [0.1, 0.15) is 0 Å². The molecule has 0 saturated heterocycles. The van der Waals surface area contributed by atoms with Crippen LogP contribution in [0.1, 0.15) is 39.5 Å². The second-order valence-electron chi connectivity index (χ2n) is 8.71. The van der Waals surface area contributed by atoms with E-state index in [0.717, 1.165) is 25.7 Å². The Balaban J connectivity index is 1.73. The second kappa shape index (κ2) is 4.68. The number of aliphatic hydroxyl groups excluding tert-OH is 2. The van der Waals surface area contributed by atoms with E-state index in [2.05, 4.69) is 26.0 Å². The average molecular weight is 303 g/mol. The molecule has 3 nitrogen and oxygen atoms in total. The van der Waals surface area contributed by atoms with Gasteiger partial charge in [0.05, 0.1) is 12.2 Å². The van der Waals surface area contributed by atoms with Gasteiger partial charge in [-0.1, -0.05) is 38.2 Å². The van der Waals surface area contributed by atoms with Gasteiger partial charge in [0.15, 0.2) is 0 Å². The standard InChI is InChI=1S/C19H29NO2/c1-18-7-5-12(21)9-11(18)10-15(20)17-13-3-4-16(22)19(13,2)8-6-14(17)18/h3-5,7,11-17,21-22H,6,8-10,20H2,1-2H3/t11-,12-,13-,14-,15-,16-,17-,18-,19-/m0/s1. The van der Waals surface area contributed by atoms with Gasteiger partial charge < -0.3 is 15.9 Å². The summed E-state index contributed by atoms with van der Waals surface area (Å²) in [5.74, 6) is 1.91. The Bertz CT molecular complexity index is 530. The zero-order valence-electron chi connectivity index (χ0n) is 13.7. The van der Waals surface area contributed by atoms with Gasteiger partial charge in [-0.25, -0.2) is 0 Å². The van der Waals surface area contributed by atoms with Gasteiger partial charge in [-0.3, -0.25) is 0 Å². The van der Waals surface area contributed by atoms with Crippen LogP contribution in [0.25, 0.3) is 0 Å². The summed E-state index contributed by atoms with van der Waals surface area (Å²) >= 11 is 0. The zero-order valence-corrected chi connectivity index (χ0v) is 13.7. The highest BCUT2D eigenvalue weighted by Crippen LogP contribution is 2.63. The summed E-state index contributed by atoms with van der Waals surface area (Å²) in [6, 6.07) is 0.182. The molecule has 0 radical (unpaired) electrons. The van der Waals surface area contributed by atoms with E-state index in [1.54, 1.807) is 0 Å². The summed E-state index contributed by atoms with van der Waals surface area (Å²) in [6.45, 7) is 4.61. The lowest BCUT2D eigenvalue weighted by molar-refractivity contribution is -0.100. The monoisotopic (exact) mass is 303 g/mol.